The summed E-state index contributed by atoms with van der Waals surface area (Å²) in [5.74, 6) is -1.19. The summed E-state index contributed by atoms with van der Waals surface area (Å²) < 4.78 is 24.2. The highest BCUT2D eigenvalue weighted by Crippen LogP contribution is 2.42. The first-order chi connectivity index (χ1) is 15.9. The van der Waals surface area contributed by atoms with Crippen molar-refractivity contribution in [3.05, 3.63) is 95.3 Å². The lowest BCUT2D eigenvalue weighted by Crippen LogP contribution is -2.29. The predicted molar refractivity (Wildman–Crippen MR) is 122 cm³/mol. The highest BCUT2D eigenvalue weighted by atomic mass is 19.1. The second-order valence-electron chi connectivity index (χ2n) is 7.38. The number of aliphatic hydroxyl groups is 1. The van der Waals surface area contributed by atoms with Crippen molar-refractivity contribution in [1.82, 2.24) is 0 Å². The smallest absolute Gasteiger partial charge is 0.300 e. The van der Waals surface area contributed by atoms with Crippen molar-refractivity contribution < 1.29 is 28.6 Å². The largest absolute Gasteiger partial charge is 0.507 e. The van der Waals surface area contributed by atoms with Crippen molar-refractivity contribution in [2.75, 3.05) is 18.6 Å². The van der Waals surface area contributed by atoms with Gasteiger partial charge in [-0.25, -0.2) is 4.39 Å². The molecular weight excluding hydrogens is 425 g/mol. The second kappa shape index (κ2) is 9.16. The summed E-state index contributed by atoms with van der Waals surface area (Å²) >= 11 is 0. The first-order valence-electron chi connectivity index (χ1n) is 10.4. The molecule has 1 fully saturated rings. The molecule has 168 valence electrons. The van der Waals surface area contributed by atoms with Crippen molar-refractivity contribution in [3.8, 4) is 11.5 Å². The number of Topliss-reactive ketones (excluding diaryl/α,β-unsaturated/α-hetero) is 1. The highest BCUT2D eigenvalue weighted by Gasteiger charge is 2.47. The average Bonchev–Trinajstić information content (AvgIpc) is 3.10. The molecule has 1 saturated heterocycles. The number of carbonyl (C=O) groups excluding carboxylic acids is 2. The number of benzene rings is 3. The number of ketones is 1. The van der Waals surface area contributed by atoms with Crippen LogP contribution in [0.1, 0.15) is 24.1 Å². The number of hydrogen-bond donors (Lipinski definition) is 1. The van der Waals surface area contributed by atoms with Crippen molar-refractivity contribution >= 4 is 23.1 Å². The molecule has 4 rings (SSSR count). The molecule has 33 heavy (non-hydrogen) atoms. The van der Waals surface area contributed by atoms with Crippen molar-refractivity contribution in [1.29, 1.82) is 0 Å². The lowest BCUT2D eigenvalue weighted by molar-refractivity contribution is -0.132. The van der Waals surface area contributed by atoms with Crippen LogP contribution in [0.5, 0.6) is 11.5 Å². The minimum atomic E-state index is -0.939. The Balaban J connectivity index is 1.86. The molecule has 1 aliphatic rings. The number of halogens is 1. The van der Waals surface area contributed by atoms with Crippen molar-refractivity contribution in [3.63, 3.8) is 0 Å². The molecule has 1 amide bonds. The fourth-order valence-corrected chi connectivity index (χ4v) is 3.83. The second-order valence-corrected chi connectivity index (χ2v) is 7.38. The molecular formula is C26H22FNO5. The first kappa shape index (κ1) is 22.1. The maximum absolute atomic E-state index is 13.6. The maximum atomic E-state index is 13.6. The van der Waals surface area contributed by atoms with Gasteiger partial charge in [0.2, 0.25) is 0 Å². The standard InChI is InChI=1S/C26H22FNO5/c1-3-33-21-12-6-17(7-13-21)24(29)22-23(16-4-8-18(27)9-5-16)28(26(31)25(22)30)19-10-14-20(32-2)15-11-19/h4-15,23,29H,3H2,1-2H3/b24-22+/t23-/m1/s1. The average molecular weight is 447 g/mol. The SMILES string of the molecule is CCOc1ccc(/C(O)=C2\C(=O)C(=O)N(c3ccc(OC)cc3)[C@@H]2c2ccc(F)cc2)cc1. The molecule has 0 bridgehead atoms. The Bertz CT molecular complexity index is 1200. The lowest BCUT2D eigenvalue weighted by atomic mass is 9.95. The van der Waals surface area contributed by atoms with Gasteiger partial charge in [-0.2, -0.15) is 0 Å². The van der Waals surface area contributed by atoms with Gasteiger partial charge in [0.1, 0.15) is 23.1 Å². The fraction of sp³-hybridized carbons (Fsp3) is 0.154. The lowest BCUT2D eigenvalue weighted by Gasteiger charge is -2.25. The van der Waals surface area contributed by atoms with Crippen LogP contribution in [0, 0.1) is 5.82 Å². The summed E-state index contributed by atoms with van der Waals surface area (Å²) in [6.45, 7) is 2.35. The van der Waals surface area contributed by atoms with Crippen LogP contribution in [-0.2, 0) is 9.59 Å². The van der Waals surface area contributed by atoms with Gasteiger partial charge in [-0.05, 0) is 73.2 Å². The van der Waals surface area contributed by atoms with Gasteiger partial charge in [0, 0.05) is 11.3 Å². The van der Waals surface area contributed by atoms with E-state index in [9.17, 15) is 19.1 Å². The Kier molecular flexibility index (Phi) is 6.13. The van der Waals surface area contributed by atoms with Crippen LogP contribution in [0.2, 0.25) is 0 Å². The van der Waals surface area contributed by atoms with Crippen LogP contribution in [0.4, 0.5) is 10.1 Å². The van der Waals surface area contributed by atoms with Crippen LogP contribution >= 0.6 is 0 Å². The molecule has 0 radical (unpaired) electrons. The van der Waals surface area contributed by atoms with E-state index in [1.807, 2.05) is 6.92 Å². The third kappa shape index (κ3) is 4.17. The summed E-state index contributed by atoms with van der Waals surface area (Å²) in [4.78, 5) is 27.5. The van der Waals surface area contributed by atoms with E-state index >= 15 is 0 Å². The minimum Gasteiger partial charge on any atom is -0.507 e. The molecule has 1 N–H and O–H groups in total. The summed E-state index contributed by atoms with van der Waals surface area (Å²) in [6, 6.07) is 17.8. The number of hydrogen-bond acceptors (Lipinski definition) is 5. The summed E-state index contributed by atoms with van der Waals surface area (Å²) in [7, 11) is 1.52. The van der Waals surface area contributed by atoms with Gasteiger partial charge in [0.05, 0.1) is 25.3 Å². The van der Waals surface area contributed by atoms with E-state index in [1.54, 1.807) is 48.5 Å². The van der Waals surface area contributed by atoms with E-state index in [4.69, 9.17) is 9.47 Å². The topological polar surface area (TPSA) is 76.1 Å². The van der Waals surface area contributed by atoms with Crippen LogP contribution in [0.3, 0.4) is 0 Å². The van der Waals surface area contributed by atoms with Crippen LogP contribution in [0.25, 0.3) is 5.76 Å². The van der Waals surface area contributed by atoms with Crippen molar-refractivity contribution in [2.24, 2.45) is 0 Å². The van der Waals surface area contributed by atoms with E-state index in [0.29, 0.717) is 34.9 Å². The zero-order valence-corrected chi connectivity index (χ0v) is 18.1. The quantitative estimate of drug-likeness (QED) is 0.332. The molecule has 0 aliphatic carbocycles. The van der Waals surface area contributed by atoms with Crippen LogP contribution in [-0.4, -0.2) is 30.5 Å². The minimum absolute atomic E-state index is 0.0772. The van der Waals surface area contributed by atoms with Crippen LogP contribution < -0.4 is 14.4 Å². The van der Waals surface area contributed by atoms with E-state index in [-0.39, 0.29) is 11.3 Å². The molecule has 3 aromatic carbocycles. The molecule has 1 atom stereocenters. The summed E-state index contributed by atoms with van der Waals surface area (Å²) in [5, 5.41) is 11.1. The summed E-state index contributed by atoms with van der Waals surface area (Å²) in [6.07, 6.45) is 0. The highest BCUT2D eigenvalue weighted by molar-refractivity contribution is 6.51. The molecule has 1 heterocycles. The third-order valence-corrected chi connectivity index (χ3v) is 5.42. The van der Waals surface area contributed by atoms with Gasteiger partial charge in [-0.15, -0.1) is 0 Å². The Morgan fingerprint density at radius 2 is 1.55 bits per heavy atom. The number of aliphatic hydroxyl groups excluding tert-OH is 1. The van der Waals surface area contributed by atoms with Gasteiger partial charge in [0.25, 0.3) is 11.7 Å². The monoisotopic (exact) mass is 447 g/mol. The Labute approximate surface area is 190 Å². The van der Waals surface area contributed by atoms with Gasteiger partial charge in [-0.3, -0.25) is 14.5 Å². The Hall–Kier alpha value is -4.13. The Morgan fingerprint density at radius 1 is 0.939 bits per heavy atom. The zero-order chi connectivity index (χ0) is 23.5. The number of ether oxygens (including phenoxy) is 2. The van der Waals surface area contributed by atoms with E-state index in [0.717, 1.165) is 0 Å². The van der Waals surface area contributed by atoms with E-state index in [1.165, 1.54) is 36.3 Å². The normalized spacial score (nSPS) is 17.3. The molecule has 0 spiro atoms. The number of methoxy groups -OCH3 is 1. The fourth-order valence-electron chi connectivity index (χ4n) is 3.83. The van der Waals surface area contributed by atoms with Crippen molar-refractivity contribution in [2.45, 2.75) is 13.0 Å². The number of nitrogens with zero attached hydrogens (tertiary/aromatic N) is 1. The molecule has 0 aromatic heterocycles. The third-order valence-electron chi connectivity index (χ3n) is 5.42. The predicted octanol–water partition coefficient (Wildman–Crippen LogP) is 4.86. The Morgan fingerprint density at radius 3 is 2.12 bits per heavy atom. The molecule has 1 aliphatic heterocycles. The zero-order valence-electron chi connectivity index (χ0n) is 18.1. The molecule has 7 heteroatoms. The van der Waals surface area contributed by atoms with E-state index in [2.05, 4.69) is 0 Å². The molecule has 3 aromatic rings. The molecule has 6 nitrogen and oxygen atoms in total. The number of anilines is 1. The number of carbonyl (C=O) groups is 2. The number of amides is 1. The molecule has 0 saturated carbocycles. The van der Waals surface area contributed by atoms with E-state index < -0.39 is 23.5 Å². The van der Waals surface area contributed by atoms with Crippen LogP contribution in [0.15, 0.2) is 78.4 Å². The number of rotatable bonds is 6. The van der Waals surface area contributed by atoms with Gasteiger partial charge >= 0.3 is 0 Å². The summed E-state index contributed by atoms with van der Waals surface area (Å²) in [5.41, 5.74) is 1.21. The molecule has 0 unspecified atom stereocenters. The van der Waals surface area contributed by atoms with Gasteiger partial charge < -0.3 is 14.6 Å². The first-order valence-corrected chi connectivity index (χ1v) is 10.4. The van der Waals surface area contributed by atoms with Gasteiger partial charge in [0.15, 0.2) is 0 Å². The van der Waals surface area contributed by atoms with Gasteiger partial charge in [-0.1, -0.05) is 12.1 Å². The maximum Gasteiger partial charge on any atom is 0.300 e.